The highest BCUT2D eigenvalue weighted by Crippen LogP contribution is 2.11. The summed E-state index contributed by atoms with van der Waals surface area (Å²) in [6.07, 6.45) is 11.1. The Morgan fingerprint density at radius 1 is 1.33 bits per heavy atom. The summed E-state index contributed by atoms with van der Waals surface area (Å²) in [6, 6.07) is 0. The molecule has 15 heavy (non-hydrogen) atoms. The second-order valence-corrected chi connectivity index (χ2v) is 3.08. The summed E-state index contributed by atoms with van der Waals surface area (Å²) in [5.74, 6) is 0.266. The third kappa shape index (κ3) is 2.98. The minimum absolute atomic E-state index is 0.266. The maximum Gasteiger partial charge on any atom is 0.103 e. The van der Waals surface area contributed by atoms with Crippen molar-refractivity contribution in [3.05, 3.63) is 60.1 Å². The first kappa shape index (κ1) is 11.0. The van der Waals surface area contributed by atoms with Gasteiger partial charge in [-0.1, -0.05) is 24.8 Å². The Balaban J connectivity index is 3.04. The van der Waals surface area contributed by atoms with E-state index in [4.69, 9.17) is 11.5 Å². The van der Waals surface area contributed by atoms with Crippen LogP contribution in [0.3, 0.4) is 0 Å². The molecule has 0 unspecified atom stereocenters. The first-order chi connectivity index (χ1) is 7.15. The standard InChI is InChI=1S/C12H15N3/c1-3-6-9(2)15-11-8-5-4-7-10(11)12(13)14/h3-8H,2,13-14H2,1H3/b6-3+,15-11-. The van der Waals surface area contributed by atoms with Gasteiger partial charge in [-0.3, -0.25) is 0 Å². The Morgan fingerprint density at radius 2 is 2.00 bits per heavy atom. The average Bonchev–Trinajstić information content (AvgIpc) is 2.18. The Labute approximate surface area is 89.9 Å². The van der Waals surface area contributed by atoms with Crippen LogP contribution in [-0.2, 0) is 0 Å². The number of hydrogen-bond donors (Lipinski definition) is 2. The second-order valence-electron chi connectivity index (χ2n) is 3.08. The molecule has 1 aliphatic carbocycles. The molecule has 0 bridgehead atoms. The normalized spacial score (nSPS) is 17.7. The highest BCUT2D eigenvalue weighted by Gasteiger charge is 2.06. The SMILES string of the molecule is C=C(/C=C/C)/N=C1/C=CC=CC1=C(N)N. The molecule has 0 aromatic heterocycles. The van der Waals surface area contributed by atoms with Gasteiger partial charge in [0.1, 0.15) is 5.82 Å². The predicted molar refractivity (Wildman–Crippen MR) is 65.1 cm³/mol. The van der Waals surface area contributed by atoms with Crippen molar-refractivity contribution in [3.63, 3.8) is 0 Å². The van der Waals surface area contributed by atoms with Crippen molar-refractivity contribution in [2.24, 2.45) is 16.5 Å². The minimum atomic E-state index is 0.266. The largest absolute Gasteiger partial charge is 0.385 e. The maximum atomic E-state index is 5.55. The first-order valence-corrected chi connectivity index (χ1v) is 4.65. The number of rotatable bonds is 2. The summed E-state index contributed by atoms with van der Waals surface area (Å²) in [4.78, 5) is 4.31. The van der Waals surface area contributed by atoms with E-state index in [1.54, 1.807) is 0 Å². The zero-order valence-electron chi connectivity index (χ0n) is 8.77. The topological polar surface area (TPSA) is 64.4 Å². The van der Waals surface area contributed by atoms with Crippen molar-refractivity contribution < 1.29 is 0 Å². The van der Waals surface area contributed by atoms with Crippen LogP contribution in [0.1, 0.15) is 6.92 Å². The van der Waals surface area contributed by atoms with Gasteiger partial charge >= 0.3 is 0 Å². The summed E-state index contributed by atoms with van der Waals surface area (Å²) < 4.78 is 0. The molecule has 0 fully saturated rings. The van der Waals surface area contributed by atoms with E-state index in [1.165, 1.54) is 0 Å². The lowest BCUT2D eigenvalue weighted by Gasteiger charge is -2.08. The second kappa shape index (κ2) is 5.00. The van der Waals surface area contributed by atoms with Crippen molar-refractivity contribution >= 4 is 5.71 Å². The summed E-state index contributed by atoms with van der Waals surface area (Å²) in [6.45, 7) is 5.71. The van der Waals surface area contributed by atoms with E-state index in [0.717, 1.165) is 11.3 Å². The molecule has 0 radical (unpaired) electrons. The van der Waals surface area contributed by atoms with Crippen LogP contribution in [0.4, 0.5) is 0 Å². The number of allylic oxidation sites excluding steroid dienone is 7. The Kier molecular flexibility index (Phi) is 3.68. The average molecular weight is 201 g/mol. The molecule has 1 aliphatic rings. The first-order valence-electron chi connectivity index (χ1n) is 4.65. The van der Waals surface area contributed by atoms with E-state index in [-0.39, 0.29) is 5.82 Å². The lowest BCUT2D eigenvalue weighted by molar-refractivity contribution is 1.22. The molecule has 0 aromatic rings. The van der Waals surface area contributed by atoms with Crippen LogP contribution in [0, 0.1) is 0 Å². The Hall–Kier alpha value is -2.03. The molecular weight excluding hydrogens is 186 g/mol. The van der Waals surface area contributed by atoms with Crippen molar-refractivity contribution in [1.29, 1.82) is 0 Å². The van der Waals surface area contributed by atoms with Gasteiger partial charge in [-0.25, -0.2) is 4.99 Å². The summed E-state index contributed by atoms with van der Waals surface area (Å²) in [5, 5.41) is 0. The lowest BCUT2D eigenvalue weighted by Crippen LogP contribution is -2.16. The van der Waals surface area contributed by atoms with Gasteiger partial charge in [0.25, 0.3) is 0 Å². The number of aliphatic imine (C=N–C) groups is 1. The van der Waals surface area contributed by atoms with Crippen molar-refractivity contribution in [3.8, 4) is 0 Å². The Bertz CT molecular complexity index is 403. The zero-order chi connectivity index (χ0) is 11.3. The fraction of sp³-hybridized carbons (Fsp3) is 0.0833. The van der Waals surface area contributed by atoms with Crippen LogP contribution < -0.4 is 11.5 Å². The molecule has 0 aliphatic heterocycles. The van der Waals surface area contributed by atoms with Crippen LogP contribution in [0.2, 0.25) is 0 Å². The molecule has 0 heterocycles. The van der Waals surface area contributed by atoms with Gasteiger partial charge in [-0.15, -0.1) is 0 Å². The van der Waals surface area contributed by atoms with E-state index in [9.17, 15) is 0 Å². The van der Waals surface area contributed by atoms with E-state index < -0.39 is 0 Å². The number of nitrogens with two attached hydrogens (primary N) is 2. The van der Waals surface area contributed by atoms with Gasteiger partial charge in [0, 0.05) is 5.57 Å². The van der Waals surface area contributed by atoms with Crippen molar-refractivity contribution in [2.75, 3.05) is 0 Å². The maximum absolute atomic E-state index is 5.55. The highest BCUT2D eigenvalue weighted by molar-refractivity contribution is 6.12. The smallest absolute Gasteiger partial charge is 0.103 e. The van der Waals surface area contributed by atoms with Crippen LogP contribution in [0.5, 0.6) is 0 Å². The quantitative estimate of drug-likeness (QED) is 0.669. The van der Waals surface area contributed by atoms with Crippen molar-refractivity contribution in [1.82, 2.24) is 0 Å². The third-order valence-corrected chi connectivity index (χ3v) is 1.84. The molecule has 0 saturated heterocycles. The van der Waals surface area contributed by atoms with E-state index in [2.05, 4.69) is 11.6 Å². The summed E-state index contributed by atoms with van der Waals surface area (Å²) in [7, 11) is 0. The number of hydrogen-bond acceptors (Lipinski definition) is 3. The van der Waals surface area contributed by atoms with Crippen LogP contribution in [0.15, 0.2) is 65.1 Å². The predicted octanol–water partition coefficient (Wildman–Crippen LogP) is 1.77. The van der Waals surface area contributed by atoms with Crippen LogP contribution in [-0.4, -0.2) is 5.71 Å². The fourth-order valence-corrected chi connectivity index (χ4v) is 1.20. The molecule has 0 amide bonds. The molecule has 4 N–H and O–H groups in total. The molecule has 78 valence electrons. The summed E-state index contributed by atoms with van der Waals surface area (Å²) in [5.41, 5.74) is 13.3. The summed E-state index contributed by atoms with van der Waals surface area (Å²) >= 11 is 0. The fourth-order valence-electron chi connectivity index (χ4n) is 1.20. The zero-order valence-corrected chi connectivity index (χ0v) is 8.77. The Morgan fingerprint density at radius 3 is 2.60 bits per heavy atom. The molecular formula is C12H15N3. The highest BCUT2D eigenvalue weighted by atomic mass is 14.8. The van der Waals surface area contributed by atoms with Gasteiger partial charge in [0.05, 0.1) is 11.4 Å². The van der Waals surface area contributed by atoms with Crippen LogP contribution >= 0.6 is 0 Å². The monoisotopic (exact) mass is 201 g/mol. The minimum Gasteiger partial charge on any atom is -0.385 e. The molecule has 1 rings (SSSR count). The van der Waals surface area contributed by atoms with E-state index in [1.807, 2.05) is 43.4 Å². The van der Waals surface area contributed by atoms with Gasteiger partial charge in [-0.05, 0) is 25.2 Å². The van der Waals surface area contributed by atoms with Crippen LogP contribution in [0.25, 0.3) is 0 Å². The van der Waals surface area contributed by atoms with E-state index in [0.29, 0.717) is 5.70 Å². The lowest BCUT2D eigenvalue weighted by atomic mass is 10.1. The van der Waals surface area contributed by atoms with Gasteiger partial charge in [-0.2, -0.15) is 0 Å². The molecule has 3 heteroatoms. The number of nitrogens with zero attached hydrogens (tertiary/aromatic N) is 1. The van der Waals surface area contributed by atoms with Gasteiger partial charge < -0.3 is 11.5 Å². The molecule has 0 atom stereocenters. The van der Waals surface area contributed by atoms with E-state index >= 15 is 0 Å². The third-order valence-electron chi connectivity index (χ3n) is 1.84. The van der Waals surface area contributed by atoms with Gasteiger partial charge in [0.2, 0.25) is 0 Å². The molecule has 0 spiro atoms. The van der Waals surface area contributed by atoms with Gasteiger partial charge in [0.15, 0.2) is 0 Å². The molecule has 0 saturated carbocycles. The molecule has 3 nitrogen and oxygen atoms in total. The molecule has 0 aromatic carbocycles. The van der Waals surface area contributed by atoms with Crippen molar-refractivity contribution in [2.45, 2.75) is 6.92 Å².